The SMILES string of the molecule is CC(C)[C@H](NC(=O)[C@H]1Cc2ccccc2N1C(=O)OC(C)(C)C)C(=O)N1Cc2ccccc2C[C@@H]1CC(=O)O. The number of para-hydroxylation sites is 1. The zero-order valence-electron chi connectivity index (χ0n) is 23.1. The van der Waals surface area contributed by atoms with Crippen LogP contribution in [-0.4, -0.2) is 57.6 Å². The molecule has 0 saturated carbocycles. The number of fused-ring (bicyclic) bond motifs is 2. The number of carbonyl (C=O) groups is 4. The van der Waals surface area contributed by atoms with Gasteiger partial charge < -0.3 is 20.1 Å². The van der Waals surface area contributed by atoms with Gasteiger partial charge in [-0.25, -0.2) is 4.79 Å². The quantitative estimate of drug-likeness (QED) is 0.579. The number of carboxylic acid groups (broad SMARTS) is 1. The second kappa shape index (κ2) is 11.1. The van der Waals surface area contributed by atoms with Crippen LogP contribution in [0.2, 0.25) is 0 Å². The fourth-order valence-corrected chi connectivity index (χ4v) is 5.30. The van der Waals surface area contributed by atoms with Gasteiger partial charge in [0, 0.05) is 19.0 Å². The first-order chi connectivity index (χ1) is 18.4. The van der Waals surface area contributed by atoms with Crippen LogP contribution in [0.25, 0.3) is 0 Å². The number of hydrogen-bond acceptors (Lipinski definition) is 5. The van der Waals surface area contributed by atoms with Gasteiger partial charge in [0.2, 0.25) is 11.8 Å². The zero-order valence-corrected chi connectivity index (χ0v) is 23.1. The number of ether oxygens (including phenoxy) is 1. The number of nitrogens with zero attached hydrogens (tertiary/aromatic N) is 2. The van der Waals surface area contributed by atoms with E-state index in [-0.39, 0.29) is 24.8 Å². The van der Waals surface area contributed by atoms with Crippen molar-refractivity contribution in [2.24, 2.45) is 5.92 Å². The number of nitrogens with one attached hydrogen (secondary N) is 1. The largest absolute Gasteiger partial charge is 0.481 e. The van der Waals surface area contributed by atoms with Crippen molar-refractivity contribution in [3.05, 3.63) is 65.2 Å². The average Bonchev–Trinajstić information content (AvgIpc) is 3.25. The highest BCUT2D eigenvalue weighted by molar-refractivity contribution is 6.02. The molecule has 0 aliphatic carbocycles. The van der Waals surface area contributed by atoms with E-state index in [1.165, 1.54) is 4.90 Å². The second-order valence-corrected chi connectivity index (χ2v) is 11.6. The lowest BCUT2D eigenvalue weighted by Crippen LogP contribution is -2.59. The molecule has 0 radical (unpaired) electrons. The van der Waals surface area contributed by atoms with Crippen molar-refractivity contribution in [2.45, 2.75) is 84.2 Å². The molecule has 0 aromatic heterocycles. The van der Waals surface area contributed by atoms with E-state index in [2.05, 4.69) is 5.32 Å². The highest BCUT2D eigenvalue weighted by Crippen LogP contribution is 2.34. The third-order valence-corrected chi connectivity index (χ3v) is 7.15. The molecule has 0 saturated heterocycles. The molecular formula is C30H37N3O6. The van der Waals surface area contributed by atoms with Gasteiger partial charge in [0.05, 0.1) is 12.1 Å². The van der Waals surface area contributed by atoms with Crippen molar-refractivity contribution in [3.63, 3.8) is 0 Å². The summed E-state index contributed by atoms with van der Waals surface area (Å²) in [5, 5.41) is 12.4. The molecule has 9 nitrogen and oxygen atoms in total. The van der Waals surface area contributed by atoms with Crippen molar-refractivity contribution < 1.29 is 29.0 Å². The molecular weight excluding hydrogens is 498 g/mol. The summed E-state index contributed by atoms with van der Waals surface area (Å²) in [6, 6.07) is 12.7. The van der Waals surface area contributed by atoms with E-state index in [4.69, 9.17) is 4.74 Å². The van der Waals surface area contributed by atoms with Gasteiger partial charge in [-0.3, -0.25) is 19.3 Å². The number of carbonyl (C=O) groups excluding carboxylic acids is 3. The number of hydrogen-bond donors (Lipinski definition) is 2. The molecule has 0 unspecified atom stereocenters. The van der Waals surface area contributed by atoms with Crippen LogP contribution in [-0.2, 0) is 38.5 Å². The summed E-state index contributed by atoms with van der Waals surface area (Å²) >= 11 is 0. The van der Waals surface area contributed by atoms with Gasteiger partial charge in [-0.15, -0.1) is 0 Å². The maximum absolute atomic E-state index is 13.9. The third-order valence-electron chi connectivity index (χ3n) is 7.15. The van der Waals surface area contributed by atoms with E-state index in [0.29, 0.717) is 18.5 Å². The van der Waals surface area contributed by atoms with Crippen molar-refractivity contribution in [2.75, 3.05) is 4.90 Å². The molecule has 39 heavy (non-hydrogen) atoms. The van der Waals surface area contributed by atoms with Gasteiger partial charge in [-0.2, -0.15) is 0 Å². The number of rotatable bonds is 6. The zero-order chi connectivity index (χ0) is 28.5. The standard InChI is InChI=1S/C30H37N3O6/c1-18(2)26(28(37)32-17-21-12-7-6-10-19(21)14-22(32)16-25(34)35)31-27(36)24-15-20-11-8-9-13-23(20)33(24)29(38)39-30(3,4)5/h6-13,18,22,24,26H,14-17H2,1-5H3,(H,31,36)(H,34,35)/t22-,24-,26+/m1/s1. The predicted octanol–water partition coefficient (Wildman–Crippen LogP) is 3.92. The normalized spacial score (nSPS) is 19.2. The highest BCUT2D eigenvalue weighted by Gasteiger charge is 2.43. The summed E-state index contributed by atoms with van der Waals surface area (Å²) in [6.07, 6.45) is -0.103. The van der Waals surface area contributed by atoms with Gasteiger partial charge in [0.25, 0.3) is 0 Å². The maximum atomic E-state index is 13.9. The molecule has 2 aromatic carbocycles. The maximum Gasteiger partial charge on any atom is 0.415 e. The smallest absolute Gasteiger partial charge is 0.415 e. The Hall–Kier alpha value is -3.88. The average molecular weight is 536 g/mol. The van der Waals surface area contributed by atoms with E-state index in [1.54, 1.807) is 37.8 Å². The first-order valence-electron chi connectivity index (χ1n) is 13.3. The Balaban J connectivity index is 1.59. The number of anilines is 1. The van der Waals surface area contributed by atoms with Gasteiger partial charge in [0.1, 0.15) is 17.7 Å². The van der Waals surface area contributed by atoms with Crippen LogP contribution < -0.4 is 10.2 Å². The molecule has 4 rings (SSSR count). The molecule has 9 heteroatoms. The second-order valence-electron chi connectivity index (χ2n) is 11.6. The van der Waals surface area contributed by atoms with E-state index >= 15 is 0 Å². The number of aliphatic carboxylic acids is 1. The Labute approximate surface area is 229 Å². The molecule has 2 aliphatic rings. The Morgan fingerprint density at radius 3 is 2.21 bits per heavy atom. The van der Waals surface area contributed by atoms with Gasteiger partial charge in [-0.05, 0) is 55.9 Å². The number of carboxylic acids is 1. The Morgan fingerprint density at radius 2 is 1.59 bits per heavy atom. The van der Waals surface area contributed by atoms with E-state index in [1.807, 2.05) is 50.2 Å². The summed E-state index contributed by atoms with van der Waals surface area (Å²) in [6.45, 7) is 9.23. The summed E-state index contributed by atoms with van der Waals surface area (Å²) in [7, 11) is 0. The van der Waals surface area contributed by atoms with Crippen LogP contribution in [0.5, 0.6) is 0 Å². The van der Waals surface area contributed by atoms with Crippen LogP contribution in [0, 0.1) is 5.92 Å². The summed E-state index contributed by atoms with van der Waals surface area (Å²) in [5.41, 5.74) is 2.67. The molecule has 0 fully saturated rings. The first kappa shape index (κ1) is 28.1. The van der Waals surface area contributed by atoms with Gasteiger partial charge in [0.15, 0.2) is 0 Å². The molecule has 0 spiro atoms. The monoisotopic (exact) mass is 535 g/mol. The lowest BCUT2D eigenvalue weighted by atomic mass is 9.90. The van der Waals surface area contributed by atoms with Crippen LogP contribution in [0.1, 0.15) is 57.7 Å². The molecule has 208 valence electrons. The molecule has 2 aromatic rings. The van der Waals surface area contributed by atoms with Gasteiger partial charge >= 0.3 is 12.1 Å². The van der Waals surface area contributed by atoms with E-state index < -0.39 is 41.7 Å². The Bertz CT molecular complexity index is 1270. The minimum absolute atomic E-state index is 0.191. The summed E-state index contributed by atoms with van der Waals surface area (Å²) in [4.78, 5) is 55.4. The highest BCUT2D eigenvalue weighted by atomic mass is 16.6. The van der Waals surface area contributed by atoms with Crippen LogP contribution in [0.3, 0.4) is 0 Å². The van der Waals surface area contributed by atoms with Crippen molar-refractivity contribution >= 4 is 29.6 Å². The fourth-order valence-electron chi connectivity index (χ4n) is 5.30. The number of benzene rings is 2. The summed E-state index contributed by atoms with van der Waals surface area (Å²) in [5.74, 6) is -2.06. The molecule has 2 aliphatic heterocycles. The van der Waals surface area contributed by atoms with Crippen molar-refractivity contribution in [1.82, 2.24) is 10.2 Å². The number of amides is 3. The molecule has 0 bridgehead atoms. The van der Waals surface area contributed by atoms with Crippen molar-refractivity contribution in [1.29, 1.82) is 0 Å². The van der Waals surface area contributed by atoms with Gasteiger partial charge in [-0.1, -0.05) is 56.3 Å². The fraction of sp³-hybridized carbons (Fsp3) is 0.467. The molecule has 3 amide bonds. The van der Waals surface area contributed by atoms with Crippen molar-refractivity contribution in [3.8, 4) is 0 Å². The van der Waals surface area contributed by atoms with E-state index in [9.17, 15) is 24.3 Å². The molecule has 2 N–H and O–H groups in total. The Morgan fingerprint density at radius 1 is 0.974 bits per heavy atom. The van der Waals surface area contributed by atoms with Crippen LogP contribution >= 0.6 is 0 Å². The molecule has 3 atom stereocenters. The predicted molar refractivity (Wildman–Crippen MR) is 146 cm³/mol. The minimum atomic E-state index is -0.987. The van der Waals surface area contributed by atoms with Crippen LogP contribution in [0.4, 0.5) is 10.5 Å². The van der Waals surface area contributed by atoms with Crippen LogP contribution in [0.15, 0.2) is 48.5 Å². The molecule has 2 heterocycles. The topological polar surface area (TPSA) is 116 Å². The minimum Gasteiger partial charge on any atom is -0.481 e. The van der Waals surface area contributed by atoms with E-state index in [0.717, 1.165) is 16.7 Å². The first-order valence-corrected chi connectivity index (χ1v) is 13.3. The lowest BCUT2D eigenvalue weighted by Gasteiger charge is -2.39. The summed E-state index contributed by atoms with van der Waals surface area (Å²) < 4.78 is 5.61. The Kier molecular flexibility index (Phi) is 7.99. The lowest BCUT2D eigenvalue weighted by molar-refractivity contribution is -0.144. The third kappa shape index (κ3) is 6.24.